The van der Waals surface area contributed by atoms with E-state index in [1.54, 1.807) is 0 Å². The van der Waals surface area contributed by atoms with Gasteiger partial charge < -0.3 is 5.32 Å². The van der Waals surface area contributed by atoms with Gasteiger partial charge in [-0.1, -0.05) is 0 Å². The summed E-state index contributed by atoms with van der Waals surface area (Å²) in [6, 6.07) is 4.51. The van der Waals surface area contributed by atoms with Crippen molar-refractivity contribution in [2.24, 2.45) is 5.92 Å². The Morgan fingerprint density at radius 2 is 2.06 bits per heavy atom. The van der Waals surface area contributed by atoms with Crippen LogP contribution >= 0.6 is 23.7 Å². The molecule has 1 aromatic heterocycles. The standard InChI is InChI=1S/C13H22N2S.ClH/c1-11-3-4-13(16-11)10-15-7-5-12(6-8-15)9-14-2;/h3-4,12,14H,5-10H2,1-2H3;1H. The van der Waals surface area contributed by atoms with Gasteiger partial charge in [0.1, 0.15) is 0 Å². The largest absolute Gasteiger partial charge is 0.319 e. The highest BCUT2D eigenvalue weighted by Crippen LogP contribution is 2.21. The van der Waals surface area contributed by atoms with Crippen LogP contribution in [0.3, 0.4) is 0 Å². The van der Waals surface area contributed by atoms with E-state index < -0.39 is 0 Å². The van der Waals surface area contributed by atoms with E-state index in [0.29, 0.717) is 0 Å². The second-order valence-electron chi connectivity index (χ2n) is 4.79. The monoisotopic (exact) mass is 274 g/mol. The molecule has 2 nitrogen and oxygen atoms in total. The molecule has 17 heavy (non-hydrogen) atoms. The molecule has 0 amide bonds. The predicted octanol–water partition coefficient (Wildman–Crippen LogP) is 2.91. The molecule has 0 spiro atoms. The normalized spacial score (nSPS) is 18.0. The molecular weight excluding hydrogens is 252 g/mol. The quantitative estimate of drug-likeness (QED) is 0.908. The summed E-state index contributed by atoms with van der Waals surface area (Å²) >= 11 is 1.94. The average Bonchev–Trinajstić information content (AvgIpc) is 2.67. The van der Waals surface area contributed by atoms with Crippen LogP contribution in [0.25, 0.3) is 0 Å². The topological polar surface area (TPSA) is 15.3 Å². The lowest BCUT2D eigenvalue weighted by Crippen LogP contribution is -2.36. The number of hydrogen-bond donors (Lipinski definition) is 1. The van der Waals surface area contributed by atoms with Crippen molar-refractivity contribution in [1.82, 2.24) is 10.2 Å². The highest BCUT2D eigenvalue weighted by molar-refractivity contribution is 7.11. The predicted molar refractivity (Wildman–Crippen MR) is 78.2 cm³/mol. The van der Waals surface area contributed by atoms with Crippen molar-refractivity contribution in [2.75, 3.05) is 26.7 Å². The fraction of sp³-hybridized carbons (Fsp3) is 0.692. The number of rotatable bonds is 4. The maximum atomic E-state index is 3.29. The maximum absolute atomic E-state index is 3.29. The smallest absolute Gasteiger partial charge is 0.0328 e. The Hall–Kier alpha value is -0.0900. The molecule has 1 aromatic rings. The molecule has 1 N–H and O–H groups in total. The van der Waals surface area contributed by atoms with Crippen molar-refractivity contribution in [3.63, 3.8) is 0 Å². The number of halogens is 1. The first-order valence-corrected chi connectivity index (χ1v) is 7.02. The zero-order valence-electron chi connectivity index (χ0n) is 10.7. The molecule has 1 aliphatic rings. The van der Waals surface area contributed by atoms with Crippen molar-refractivity contribution >= 4 is 23.7 Å². The molecule has 1 saturated heterocycles. The number of thiophene rings is 1. The fourth-order valence-electron chi connectivity index (χ4n) is 2.43. The summed E-state index contributed by atoms with van der Waals surface area (Å²) in [5.41, 5.74) is 0. The van der Waals surface area contributed by atoms with E-state index in [1.165, 1.54) is 42.2 Å². The lowest BCUT2D eigenvalue weighted by atomic mass is 9.97. The van der Waals surface area contributed by atoms with Gasteiger partial charge in [-0.25, -0.2) is 0 Å². The highest BCUT2D eigenvalue weighted by atomic mass is 35.5. The van der Waals surface area contributed by atoms with Crippen LogP contribution in [0.2, 0.25) is 0 Å². The lowest BCUT2D eigenvalue weighted by Gasteiger charge is -2.31. The van der Waals surface area contributed by atoms with Crippen LogP contribution in [0.1, 0.15) is 22.6 Å². The third-order valence-corrected chi connectivity index (χ3v) is 4.36. The number of nitrogens with zero attached hydrogens (tertiary/aromatic N) is 1. The van der Waals surface area contributed by atoms with Crippen molar-refractivity contribution in [3.8, 4) is 0 Å². The van der Waals surface area contributed by atoms with Crippen LogP contribution < -0.4 is 5.32 Å². The van der Waals surface area contributed by atoms with E-state index in [0.717, 1.165) is 12.5 Å². The van der Waals surface area contributed by atoms with Crippen LogP contribution in [-0.2, 0) is 6.54 Å². The van der Waals surface area contributed by atoms with Gasteiger partial charge in [0.05, 0.1) is 0 Å². The number of hydrogen-bond acceptors (Lipinski definition) is 3. The Morgan fingerprint density at radius 1 is 1.35 bits per heavy atom. The minimum absolute atomic E-state index is 0. The van der Waals surface area contributed by atoms with Gasteiger partial charge in [0.25, 0.3) is 0 Å². The second-order valence-corrected chi connectivity index (χ2v) is 6.16. The summed E-state index contributed by atoms with van der Waals surface area (Å²) in [6.07, 6.45) is 2.70. The maximum Gasteiger partial charge on any atom is 0.0328 e. The second kappa shape index (κ2) is 7.37. The van der Waals surface area contributed by atoms with Gasteiger partial charge in [-0.2, -0.15) is 0 Å². The van der Waals surface area contributed by atoms with Gasteiger partial charge >= 0.3 is 0 Å². The molecule has 0 unspecified atom stereocenters. The molecule has 1 aliphatic heterocycles. The Labute approximate surface area is 115 Å². The first-order valence-electron chi connectivity index (χ1n) is 6.20. The molecule has 4 heteroatoms. The molecular formula is C13H23ClN2S. The van der Waals surface area contributed by atoms with Gasteiger partial charge in [-0.05, 0) is 64.5 Å². The van der Waals surface area contributed by atoms with Crippen LogP contribution in [0, 0.1) is 12.8 Å². The molecule has 2 heterocycles. The van der Waals surface area contributed by atoms with Crippen LogP contribution in [0.15, 0.2) is 12.1 Å². The van der Waals surface area contributed by atoms with Crippen molar-refractivity contribution in [3.05, 3.63) is 21.9 Å². The summed E-state index contributed by atoms with van der Waals surface area (Å²) < 4.78 is 0. The molecule has 1 fully saturated rings. The Kier molecular flexibility index (Phi) is 6.49. The molecule has 0 aromatic carbocycles. The van der Waals surface area contributed by atoms with Crippen LogP contribution in [0.4, 0.5) is 0 Å². The zero-order valence-corrected chi connectivity index (χ0v) is 12.4. The van der Waals surface area contributed by atoms with Gasteiger partial charge in [-0.3, -0.25) is 4.90 Å². The van der Waals surface area contributed by atoms with E-state index in [4.69, 9.17) is 0 Å². The molecule has 0 saturated carbocycles. The Morgan fingerprint density at radius 3 is 2.59 bits per heavy atom. The zero-order chi connectivity index (χ0) is 11.4. The first kappa shape index (κ1) is 15.0. The van der Waals surface area contributed by atoms with Gasteiger partial charge in [-0.15, -0.1) is 23.7 Å². The summed E-state index contributed by atoms with van der Waals surface area (Å²) in [5.74, 6) is 0.895. The number of likely N-dealkylation sites (tertiary alicyclic amines) is 1. The SMILES string of the molecule is CNCC1CCN(Cc2ccc(C)s2)CC1.Cl. The molecule has 0 bridgehead atoms. The minimum Gasteiger partial charge on any atom is -0.319 e. The lowest BCUT2D eigenvalue weighted by molar-refractivity contribution is 0.178. The van der Waals surface area contributed by atoms with E-state index in [2.05, 4.69) is 36.3 Å². The third kappa shape index (κ3) is 4.59. The minimum atomic E-state index is 0. The number of nitrogens with one attached hydrogen (secondary N) is 1. The molecule has 0 atom stereocenters. The van der Waals surface area contributed by atoms with E-state index >= 15 is 0 Å². The summed E-state index contributed by atoms with van der Waals surface area (Å²) in [5, 5.41) is 3.29. The molecule has 0 aliphatic carbocycles. The van der Waals surface area contributed by atoms with Gasteiger partial charge in [0.15, 0.2) is 0 Å². The van der Waals surface area contributed by atoms with Gasteiger partial charge in [0, 0.05) is 16.3 Å². The summed E-state index contributed by atoms with van der Waals surface area (Å²) in [4.78, 5) is 5.54. The van der Waals surface area contributed by atoms with E-state index in [-0.39, 0.29) is 12.4 Å². The van der Waals surface area contributed by atoms with Crippen molar-refractivity contribution < 1.29 is 0 Å². The number of aryl methyl sites for hydroxylation is 1. The van der Waals surface area contributed by atoms with E-state index in [9.17, 15) is 0 Å². The highest BCUT2D eigenvalue weighted by Gasteiger charge is 2.18. The third-order valence-electron chi connectivity index (χ3n) is 3.38. The Bertz CT molecular complexity index is 319. The summed E-state index contributed by atoms with van der Waals surface area (Å²) in [6.45, 7) is 7.07. The van der Waals surface area contributed by atoms with Crippen molar-refractivity contribution in [2.45, 2.75) is 26.3 Å². The average molecular weight is 275 g/mol. The first-order chi connectivity index (χ1) is 7.78. The molecule has 98 valence electrons. The summed E-state index contributed by atoms with van der Waals surface area (Å²) in [7, 11) is 2.06. The molecule has 2 rings (SSSR count). The van der Waals surface area contributed by atoms with Crippen LogP contribution in [-0.4, -0.2) is 31.6 Å². The van der Waals surface area contributed by atoms with Gasteiger partial charge in [0.2, 0.25) is 0 Å². The molecule has 0 radical (unpaired) electrons. The number of piperidine rings is 1. The Balaban J connectivity index is 0.00000144. The van der Waals surface area contributed by atoms with E-state index in [1.807, 2.05) is 11.3 Å². The fourth-order valence-corrected chi connectivity index (χ4v) is 3.36. The van der Waals surface area contributed by atoms with Crippen molar-refractivity contribution in [1.29, 1.82) is 0 Å². The van der Waals surface area contributed by atoms with Crippen LogP contribution in [0.5, 0.6) is 0 Å².